The quantitative estimate of drug-likeness (QED) is 0.210. The Morgan fingerprint density at radius 1 is 1.27 bits per heavy atom. The molecule has 0 fully saturated rings. The second-order valence-electron chi connectivity index (χ2n) is 6.28. The molecule has 26 heavy (non-hydrogen) atoms. The molecule has 148 valence electrons. The van der Waals surface area contributed by atoms with Gasteiger partial charge in [0, 0.05) is 32.5 Å². The highest BCUT2D eigenvalue weighted by Gasteiger charge is 2.04. The van der Waals surface area contributed by atoms with Crippen LogP contribution in [0.25, 0.3) is 0 Å². The molecule has 0 bridgehead atoms. The number of benzene rings is 1. The van der Waals surface area contributed by atoms with E-state index in [1.807, 2.05) is 24.3 Å². The molecule has 0 aromatic heterocycles. The Labute approximate surface area is 174 Å². The summed E-state index contributed by atoms with van der Waals surface area (Å²) in [5, 5.41) is 9.07. The SMILES string of the molecule is CCc1cccc(NC(=O)CNC(=NC)NCCCOCC(C)C)c1.I. The summed E-state index contributed by atoms with van der Waals surface area (Å²) < 4.78 is 5.53. The van der Waals surface area contributed by atoms with E-state index in [4.69, 9.17) is 4.74 Å². The number of anilines is 1. The van der Waals surface area contributed by atoms with Gasteiger partial charge in [-0.05, 0) is 36.5 Å². The molecule has 1 amide bonds. The fourth-order valence-electron chi connectivity index (χ4n) is 2.16. The van der Waals surface area contributed by atoms with E-state index < -0.39 is 0 Å². The number of ether oxygens (including phenoxy) is 1. The topological polar surface area (TPSA) is 74.8 Å². The number of halogens is 1. The molecule has 0 radical (unpaired) electrons. The van der Waals surface area contributed by atoms with Gasteiger partial charge in [0.2, 0.25) is 5.91 Å². The Morgan fingerprint density at radius 3 is 2.69 bits per heavy atom. The molecule has 0 aliphatic heterocycles. The number of aryl methyl sites for hydroxylation is 1. The molecule has 0 unspecified atom stereocenters. The minimum absolute atomic E-state index is 0. The monoisotopic (exact) mass is 476 g/mol. The summed E-state index contributed by atoms with van der Waals surface area (Å²) in [5.41, 5.74) is 2.01. The molecular formula is C19H33IN4O2. The number of hydrogen-bond acceptors (Lipinski definition) is 3. The van der Waals surface area contributed by atoms with Gasteiger partial charge in [0.05, 0.1) is 6.54 Å². The van der Waals surface area contributed by atoms with Gasteiger partial charge in [0.1, 0.15) is 0 Å². The number of nitrogens with zero attached hydrogens (tertiary/aromatic N) is 1. The third kappa shape index (κ3) is 11.3. The molecule has 0 aliphatic carbocycles. The number of nitrogens with one attached hydrogen (secondary N) is 3. The van der Waals surface area contributed by atoms with Gasteiger partial charge in [0.15, 0.2) is 5.96 Å². The van der Waals surface area contributed by atoms with Crippen molar-refractivity contribution >= 4 is 41.5 Å². The predicted molar refractivity (Wildman–Crippen MR) is 120 cm³/mol. The Balaban J connectivity index is 0.00000625. The zero-order chi connectivity index (χ0) is 18.5. The first kappa shape index (κ1) is 24.7. The standard InChI is InChI=1S/C19H32N4O2.HI/c1-5-16-8-6-9-17(12-16)23-18(24)13-22-19(20-4)21-10-7-11-25-14-15(2)3;/h6,8-9,12,15H,5,7,10-11,13-14H2,1-4H3,(H,23,24)(H2,20,21,22);1H. The minimum atomic E-state index is -0.100. The van der Waals surface area contributed by atoms with E-state index in [2.05, 4.69) is 41.7 Å². The zero-order valence-corrected chi connectivity index (χ0v) is 18.6. The van der Waals surface area contributed by atoms with Crippen molar-refractivity contribution < 1.29 is 9.53 Å². The molecule has 0 aliphatic rings. The number of hydrogen-bond donors (Lipinski definition) is 3. The molecule has 1 rings (SSSR count). The van der Waals surface area contributed by atoms with Crippen LogP contribution in [0.1, 0.15) is 32.8 Å². The van der Waals surface area contributed by atoms with Gasteiger partial charge in [0.25, 0.3) is 0 Å². The maximum absolute atomic E-state index is 12.0. The van der Waals surface area contributed by atoms with Gasteiger partial charge in [-0.15, -0.1) is 24.0 Å². The summed E-state index contributed by atoms with van der Waals surface area (Å²) in [6.07, 6.45) is 1.84. The van der Waals surface area contributed by atoms with Gasteiger partial charge in [-0.3, -0.25) is 9.79 Å². The highest BCUT2D eigenvalue weighted by Crippen LogP contribution is 2.10. The smallest absolute Gasteiger partial charge is 0.243 e. The highest BCUT2D eigenvalue weighted by molar-refractivity contribution is 14.0. The Morgan fingerprint density at radius 2 is 2.04 bits per heavy atom. The summed E-state index contributed by atoms with van der Waals surface area (Å²) in [6, 6.07) is 7.87. The lowest BCUT2D eigenvalue weighted by Gasteiger charge is -2.12. The second-order valence-corrected chi connectivity index (χ2v) is 6.28. The van der Waals surface area contributed by atoms with Crippen LogP contribution >= 0.6 is 24.0 Å². The highest BCUT2D eigenvalue weighted by atomic mass is 127. The Hall–Kier alpha value is -1.35. The summed E-state index contributed by atoms with van der Waals surface area (Å²) in [4.78, 5) is 16.1. The number of rotatable bonds is 10. The predicted octanol–water partition coefficient (Wildman–Crippen LogP) is 3.03. The maximum Gasteiger partial charge on any atom is 0.243 e. The first-order chi connectivity index (χ1) is 12.0. The summed E-state index contributed by atoms with van der Waals surface area (Å²) in [6.45, 7) is 8.77. The van der Waals surface area contributed by atoms with Crippen molar-refractivity contribution in [1.29, 1.82) is 0 Å². The fourth-order valence-corrected chi connectivity index (χ4v) is 2.16. The fraction of sp³-hybridized carbons (Fsp3) is 0.579. The normalized spacial score (nSPS) is 11.0. The number of amides is 1. The number of aliphatic imine (C=N–C) groups is 1. The maximum atomic E-state index is 12.0. The molecule has 7 heteroatoms. The van der Waals surface area contributed by atoms with Gasteiger partial charge in [-0.2, -0.15) is 0 Å². The molecule has 3 N–H and O–H groups in total. The van der Waals surface area contributed by atoms with E-state index >= 15 is 0 Å². The molecule has 0 saturated heterocycles. The van der Waals surface area contributed by atoms with Crippen LogP contribution in [0, 0.1) is 5.92 Å². The molecule has 0 spiro atoms. The van der Waals surface area contributed by atoms with E-state index in [1.54, 1.807) is 7.05 Å². The summed E-state index contributed by atoms with van der Waals surface area (Å²) in [7, 11) is 1.69. The van der Waals surface area contributed by atoms with Crippen molar-refractivity contribution in [1.82, 2.24) is 10.6 Å². The van der Waals surface area contributed by atoms with E-state index in [1.165, 1.54) is 5.56 Å². The van der Waals surface area contributed by atoms with Crippen molar-refractivity contribution in [2.24, 2.45) is 10.9 Å². The van der Waals surface area contributed by atoms with Gasteiger partial charge >= 0.3 is 0 Å². The van der Waals surface area contributed by atoms with Gasteiger partial charge in [-0.1, -0.05) is 32.9 Å². The van der Waals surface area contributed by atoms with E-state index in [-0.39, 0.29) is 36.4 Å². The van der Waals surface area contributed by atoms with Gasteiger partial charge in [-0.25, -0.2) is 0 Å². The average molecular weight is 476 g/mol. The molecule has 0 atom stereocenters. The van der Waals surface area contributed by atoms with Crippen LogP contribution in [0.4, 0.5) is 5.69 Å². The summed E-state index contributed by atoms with van der Waals surface area (Å²) in [5.74, 6) is 1.07. The Bertz CT molecular complexity index is 550. The lowest BCUT2D eigenvalue weighted by Crippen LogP contribution is -2.41. The lowest BCUT2D eigenvalue weighted by molar-refractivity contribution is -0.115. The first-order valence-corrected chi connectivity index (χ1v) is 8.96. The molecule has 0 heterocycles. The van der Waals surface area contributed by atoms with Crippen LogP contribution in [0.15, 0.2) is 29.3 Å². The molecule has 6 nitrogen and oxygen atoms in total. The zero-order valence-electron chi connectivity index (χ0n) is 16.3. The van der Waals surface area contributed by atoms with Crippen molar-refractivity contribution in [3.8, 4) is 0 Å². The van der Waals surface area contributed by atoms with Crippen LogP contribution in [-0.4, -0.2) is 45.2 Å². The largest absolute Gasteiger partial charge is 0.381 e. The lowest BCUT2D eigenvalue weighted by atomic mass is 10.1. The van der Waals surface area contributed by atoms with Crippen LogP contribution in [0.2, 0.25) is 0 Å². The number of carbonyl (C=O) groups excluding carboxylic acids is 1. The van der Waals surface area contributed by atoms with Crippen LogP contribution in [-0.2, 0) is 16.0 Å². The van der Waals surface area contributed by atoms with E-state index in [9.17, 15) is 4.79 Å². The van der Waals surface area contributed by atoms with Crippen molar-refractivity contribution in [2.45, 2.75) is 33.6 Å². The minimum Gasteiger partial charge on any atom is -0.381 e. The number of carbonyl (C=O) groups is 1. The van der Waals surface area contributed by atoms with Crippen LogP contribution < -0.4 is 16.0 Å². The second kappa shape index (κ2) is 14.8. The van der Waals surface area contributed by atoms with E-state index in [0.717, 1.165) is 38.3 Å². The molecule has 0 saturated carbocycles. The van der Waals surface area contributed by atoms with Gasteiger partial charge < -0.3 is 20.7 Å². The van der Waals surface area contributed by atoms with Crippen LogP contribution in [0.3, 0.4) is 0 Å². The first-order valence-electron chi connectivity index (χ1n) is 8.96. The van der Waals surface area contributed by atoms with Crippen molar-refractivity contribution in [3.63, 3.8) is 0 Å². The Kier molecular flexibility index (Phi) is 14.0. The molecule has 1 aromatic rings. The average Bonchev–Trinajstić information content (AvgIpc) is 2.60. The van der Waals surface area contributed by atoms with E-state index in [0.29, 0.717) is 11.9 Å². The molecular weight excluding hydrogens is 443 g/mol. The van der Waals surface area contributed by atoms with Crippen LogP contribution in [0.5, 0.6) is 0 Å². The third-order valence-corrected chi connectivity index (χ3v) is 3.47. The number of guanidine groups is 1. The third-order valence-electron chi connectivity index (χ3n) is 3.47. The molecule has 1 aromatic carbocycles. The summed E-state index contributed by atoms with van der Waals surface area (Å²) >= 11 is 0. The van der Waals surface area contributed by atoms with Crippen molar-refractivity contribution in [3.05, 3.63) is 29.8 Å². The van der Waals surface area contributed by atoms with Crippen molar-refractivity contribution in [2.75, 3.05) is 38.7 Å².